The Balaban J connectivity index is 2.51. The summed E-state index contributed by atoms with van der Waals surface area (Å²) in [6.45, 7) is 8.48. The Bertz CT molecular complexity index is 1160. The second-order valence-electron chi connectivity index (χ2n) is 16.0. The Labute approximate surface area is 365 Å². The number of nitrogens with zero attached hydrogens (tertiary/aromatic N) is 2. The third kappa shape index (κ3) is 36.7. The predicted octanol–water partition coefficient (Wildman–Crippen LogP) is 12.8. The van der Waals surface area contributed by atoms with Gasteiger partial charge >= 0.3 is 18.1 Å². The minimum Gasteiger partial charge on any atom is -0.465 e. The first-order valence-electron chi connectivity index (χ1n) is 24.1. The summed E-state index contributed by atoms with van der Waals surface area (Å²) in [5.41, 5.74) is 0. The van der Waals surface area contributed by atoms with Gasteiger partial charge in [-0.2, -0.15) is 0 Å². The molecule has 0 amide bonds. The van der Waals surface area contributed by atoms with E-state index in [4.69, 9.17) is 28.4 Å². The number of allylic oxidation sites excluding steroid dienone is 4. The third-order valence-electron chi connectivity index (χ3n) is 10.3. The van der Waals surface area contributed by atoms with E-state index in [1.165, 1.54) is 77.0 Å². The van der Waals surface area contributed by atoms with Crippen LogP contribution in [0.5, 0.6) is 0 Å². The molecule has 11 nitrogen and oxygen atoms in total. The number of rotatable bonds is 43. The van der Waals surface area contributed by atoms with E-state index in [9.17, 15) is 14.4 Å². The van der Waals surface area contributed by atoms with E-state index in [0.29, 0.717) is 39.0 Å². The molecule has 11 heteroatoms. The van der Waals surface area contributed by atoms with Crippen LogP contribution in [0.15, 0.2) is 43.0 Å². The van der Waals surface area contributed by atoms with Crippen molar-refractivity contribution in [2.24, 2.45) is 5.92 Å². The number of imidazole rings is 1. The smallest absolute Gasteiger partial charge is 0.465 e. The summed E-state index contributed by atoms with van der Waals surface area (Å²) >= 11 is 0. The van der Waals surface area contributed by atoms with Crippen LogP contribution in [0, 0.1) is 5.92 Å². The molecule has 346 valence electrons. The van der Waals surface area contributed by atoms with Crippen LogP contribution < -0.4 is 0 Å². The highest BCUT2D eigenvalue weighted by atomic mass is 16.7. The summed E-state index contributed by atoms with van der Waals surface area (Å²) in [4.78, 5) is 42.0. The van der Waals surface area contributed by atoms with Gasteiger partial charge in [0.2, 0.25) is 0 Å². The van der Waals surface area contributed by atoms with Gasteiger partial charge in [-0.1, -0.05) is 141 Å². The normalized spacial score (nSPS) is 12.1. The van der Waals surface area contributed by atoms with Crippen LogP contribution in [0.25, 0.3) is 0 Å². The maximum Gasteiger partial charge on any atom is 0.508 e. The molecule has 0 aliphatic rings. The van der Waals surface area contributed by atoms with Crippen LogP contribution in [0.3, 0.4) is 0 Å². The molecule has 0 fully saturated rings. The standard InChI is InChI=1S/C49H86N2O9/c1-4-7-10-13-16-17-18-19-20-21-22-23-24-25-28-32-46(52)58-41-45(43-60-49(54)57-40-31-36-51-37-35-50-44-51)42-59-47(53)33-34-48(55-38-29-26-14-11-8-5-2)56-39-30-27-15-12-9-6-3/h16-17,19-20,35,37,44-45,48H,4-15,18,21-34,36,38-43H2,1-3H3/b17-16-,20-19-. The van der Waals surface area contributed by atoms with Gasteiger partial charge in [-0.3, -0.25) is 9.59 Å². The van der Waals surface area contributed by atoms with Crippen molar-refractivity contribution in [1.82, 2.24) is 9.55 Å². The van der Waals surface area contributed by atoms with Crippen molar-refractivity contribution in [3.8, 4) is 0 Å². The highest BCUT2D eigenvalue weighted by Gasteiger charge is 2.20. The van der Waals surface area contributed by atoms with Crippen molar-refractivity contribution in [1.29, 1.82) is 0 Å². The van der Waals surface area contributed by atoms with Crippen molar-refractivity contribution in [2.45, 2.75) is 207 Å². The molecule has 1 rings (SSSR count). The van der Waals surface area contributed by atoms with Crippen molar-refractivity contribution in [3.63, 3.8) is 0 Å². The average Bonchev–Trinajstić information content (AvgIpc) is 3.78. The van der Waals surface area contributed by atoms with Crippen molar-refractivity contribution in [2.75, 3.05) is 39.6 Å². The molecule has 0 radical (unpaired) electrons. The van der Waals surface area contributed by atoms with Crippen LogP contribution in [0.2, 0.25) is 0 Å². The van der Waals surface area contributed by atoms with Crippen LogP contribution >= 0.6 is 0 Å². The number of hydrogen-bond acceptors (Lipinski definition) is 10. The molecule has 1 aromatic heterocycles. The van der Waals surface area contributed by atoms with E-state index in [-0.39, 0.29) is 38.8 Å². The molecule has 0 bridgehead atoms. The van der Waals surface area contributed by atoms with E-state index in [2.05, 4.69) is 50.1 Å². The van der Waals surface area contributed by atoms with Gasteiger partial charge in [0.1, 0.15) is 19.8 Å². The van der Waals surface area contributed by atoms with Gasteiger partial charge in [-0.05, 0) is 57.8 Å². The molecule has 0 spiro atoms. The average molecular weight is 847 g/mol. The number of hydrogen-bond donors (Lipinski definition) is 0. The van der Waals surface area contributed by atoms with Crippen molar-refractivity contribution in [3.05, 3.63) is 43.0 Å². The quantitative estimate of drug-likeness (QED) is 0.0206. The van der Waals surface area contributed by atoms with Gasteiger partial charge in [-0.15, -0.1) is 0 Å². The Kier molecular flexibility index (Phi) is 38.9. The summed E-state index contributed by atoms with van der Waals surface area (Å²) in [6, 6.07) is 0. The van der Waals surface area contributed by atoms with Gasteiger partial charge in [0.05, 0.1) is 25.3 Å². The minimum absolute atomic E-state index is 0.0361. The Hall–Kier alpha value is -3.18. The van der Waals surface area contributed by atoms with E-state index in [1.54, 1.807) is 12.5 Å². The first kappa shape index (κ1) is 54.8. The number of aryl methyl sites for hydroxylation is 1. The maximum atomic E-state index is 12.9. The van der Waals surface area contributed by atoms with Gasteiger partial charge < -0.3 is 33.0 Å². The lowest BCUT2D eigenvalue weighted by Gasteiger charge is -2.20. The SMILES string of the molecule is CCCCC/C=C\C/C=C\CCCCCCCC(=O)OCC(COC(=O)CCC(OCCCCCCCC)OCCCCCCCC)COC(=O)OCCCn1ccnc1. The topological polar surface area (TPSA) is 124 Å². The molecule has 0 aliphatic heterocycles. The molecule has 0 aliphatic carbocycles. The molecule has 1 atom stereocenters. The first-order valence-corrected chi connectivity index (χ1v) is 24.1. The summed E-state index contributed by atoms with van der Waals surface area (Å²) in [7, 11) is 0. The fraction of sp³-hybridized carbons (Fsp3) is 0.796. The summed E-state index contributed by atoms with van der Waals surface area (Å²) in [6.07, 6.45) is 40.6. The molecule has 0 aromatic carbocycles. The van der Waals surface area contributed by atoms with Crippen LogP contribution in [0.4, 0.5) is 4.79 Å². The largest absolute Gasteiger partial charge is 0.508 e. The second kappa shape index (κ2) is 42.5. The van der Waals surface area contributed by atoms with Gasteiger partial charge in [0.15, 0.2) is 6.29 Å². The second-order valence-corrected chi connectivity index (χ2v) is 16.0. The first-order chi connectivity index (χ1) is 29.5. The predicted molar refractivity (Wildman–Crippen MR) is 241 cm³/mol. The molecule has 1 heterocycles. The maximum absolute atomic E-state index is 12.9. The fourth-order valence-corrected chi connectivity index (χ4v) is 6.49. The number of aromatic nitrogens is 2. The summed E-state index contributed by atoms with van der Waals surface area (Å²) < 4.78 is 35.8. The van der Waals surface area contributed by atoms with E-state index >= 15 is 0 Å². The highest BCUT2D eigenvalue weighted by molar-refractivity contribution is 5.69. The lowest BCUT2D eigenvalue weighted by molar-refractivity contribution is -0.161. The van der Waals surface area contributed by atoms with E-state index in [1.807, 2.05) is 10.8 Å². The number of ether oxygens (including phenoxy) is 6. The van der Waals surface area contributed by atoms with Crippen LogP contribution in [-0.4, -0.2) is 73.6 Å². The third-order valence-corrected chi connectivity index (χ3v) is 10.3. The van der Waals surface area contributed by atoms with E-state index < -0.39 is 24.3 Å². The highest BCUT2D eigenvalue weighted by Crippen LogP contribution is 2.14. The summed E-state index contributed by atoms with van der Waals surface area (Å²) in [5.74, 6) is -1.26. The number of esters is 2. The Morgan fingerprint density at radius 1 is 0.550 bits per heavy atom. The zero-order valence-corrected chi connectivity index (χ0v) is 38.3. The van der Waals surface area contributed by atoms with Gasteiger partial charge in [0.25, 0.3) is 0 Å². The zero-order valence-electron chi connectivity index (χ0n) is 38.3. The van der Waals surface area contributed by atoms with Crippen molar-refractivity contribution >= 4 is 18.1 Å². The Morgan fingerprint density at radius 2 is 1.07 bits per heavy atom. The number of carbonyl (C=O) groups excluding carboxylic acids is 3. The fourth-order valence-electron chi connectivity index (χ4n) is 6.49. The Morgan fingerprint density at radius 3 is 1.67 bits per heavy atom. The molecular weight excluding hydrogens is 761 g/mol. The molecular formula is C49H86N2O9. The lowest BCUT2D eigenvalue weighted by atomic mass is 10.1. The molecule has 0 N–H and O–H groups in total. The van der Waals surface area contributed by atoms with Crippen LogP contribution in [0.1, 0.15) is 194 Å². The molecule has 1 unspecified atom stereocenters. The molecule has 60 heavy (non-hydrogen) atoms. The summed E-state index contributed by atoms with van der Waals surface area (Å²) in [5, 5.41) is 0. The van der Waals surface area contributed by atoms with Crippen molar-refractivity contribution < 1.29 is 42.8 Å². The number of unbranched alkanes of at least 4 members (excludes halogenated alkanes) is 18. The zero-order chi connectivity index (χ0) is 43.4. The van der Waals surface area contributed by atoms with Crippen LogP contribution in [-0.2, 0) is 44.6 Å². The van der Waals surface area contributed by atoms with Gasteiger partial charge in [0, 0.05) is 45.0 Å². The molecule has 0 saturated carbocycles. The monoisotopic (exact) mass is 847 g/mol. The minimum atomic E-state index is -0.818. The number of carbonyl (C=O) groups is 3. The molecule has 1 aromatic rings. The molecule has 0 saturated heterocycles. The van der Waals surface area contributed by atoms with Gasteiger partial charge in [-0.25, -0.2) is 9.78 Å². The van der Waals surface area contributed by atoms with E-state index in [0.717, 1.165) is 70.6 Å². The lowest BCUT2D eigenvalue weighted by Crippen LogP contribution is -2.27.